The molecule has 1 unspecified atom stereocenters. The molecule has 0 aliphatic heterocycles. The van der Waals surface area contributed by atoms with E-state index in [1.807, 2.05) is 6.07 Å². The molecule has 0 aliphatic carbocycles. The largest absolute Gasteiger partial charge is 0.326 e. The standard InChI is InChI=1S/C12H14FNS/c1-2-3-6-11(14)9-15-12-7-4-5-10(13)8-12/h4-5,7-8,11H,6,9,14H2,1H3. The Morgan fingerprint density at radius 1 is 1.53 bits per heavy atom. The topological polar surface area (TPSA) is 26.0 Å². The highest BCUT2D eigenvalue weighted by molar-refractivity contribution is 7.99. The molecule has 1 atom stereocenters. The monoisotopic (exact) mass is 223 g/mol. The van der Waals surface area contributed by atoms with Gasteiger partial charge >= 0.3 is 0 Å². The molecule has 0 heterocycles. The van der Waals surface area contributed by atoms with Crippen LogP contribution < -0.4 is 5.73 Å². The van der Waals surface area contributed by atoms with Crippen molar-refractivity contribution in [3.63, 3.8) is 0 Å². The summed E-state index contributed by atoms with van der Waals surface area (Å²) in [5.41, 5.74) is 5.83. The minimum Gasteiger partial charge on any atom is -0.326 e. The fourth-order valence-corrected chi connectivity index (χ4v) is 1.95. The van der Waals surface area contributed by atoms with Crippen LogP contribution in [0.25, 0.3) is 0 Å². The van der Waals surface area contributed by atoms with E-state index >= 15 is 0 Å². The summed E-state index contributed by atoms with van der Waals surface area (Å²) in [6.45, 7) is 1.80. The van der Waals surface area contributed by atoms with Gasteiger partial charge in [-0.1, -0.05) is 6.07 Å². The van der Waals surface area contributed by atoms with E-state index in [1.165, 1.54) is 12.1 Å². The number of halogens is 1. The maximum Gasteiger partial charge on any atom is 0.124 e. The number of hydrogen-bond donors (Lipinski definition) is 1. The average Bonchev–Trinajstić information content (AvgIpc) is 2.23. The van der Waals surface area contributed by atoms with E-state index in [0.717, 1.165) is 10.6 Å². The van der Waals surface area contributed by atoms with Gasteiger partial charge < -0.3 is 5.73 Å². The maximum atomic E-state index is 12.8. The Kier molecular flexibility index (Phi) is 5.23. The molecule has 15 heavy (non-hydrogen) atoms. The van der Waals surface area contributed by atoms with Gasteiger partial charge in [0.1, 0.15) is 5.82 Å². The molecule has 0 fully saturated rings. The smallest absolute Gasteiger partial charge is 0.124 e. The van der Waals surface area contributed by atoms with Gasteiger partial charge in [0, 0.05) is 23.1 Å². The second-order valence-electron chi connectivity index (χ2n) is 3.16. The first-order chi connectivity index (χ1) is 7.22. The van der Waals surface area contributed by atoms with Crippen LogP contribution in [0.1, 0.15) is 13.3 Å². The molecule has 1 aromatic carbocycles. The highest BCUT2D eigenvalue weighted by Crippen LogP contribution is 2.19. The molecule has 0 aromatic heterocycles. The van der Waals surface area contributed by atoms with E-state index in [-0.39, 0.29) is 11.9 Å². The lowest BCUT2D eigenvalue weighted by atomic mass is 10.2. The van der Waals surface area contributed by atoms with Crippen molar-refractivity contribution in [3.8, 4) is 11.8 Å². The van der Waals surface area contributed by atoms with Crippen molar-refractivity contribution in [2.75, 3.05) is 5.75 Å². The van der Waals surface area contributed by atoms with Crippen LogP contribution in [0.3, 0.4) is 0 Å². The second-order valence-corrected chi connectivity index (χ2v) is 4.25. The third-order valence-electron chi connectivity index (χ3n) is 1.80. The van der Waals surface area contributed by atoms with Crippen molar-refractivity contribution < 1.29 is 4.39 Å². The van der Waals surface area contributed by atoms with Gasteiger partial charge in [-0.15, -0.1) is 23.6 Å². The molecule has 0 amide bonds. The van der Waals surface area contributed by atoms with E-state index in [2.05, 4.69) is 11.8 Å². The number of hydrogen-bond acceptors (Lipinski definition) is 2. The first-order valence-corrected chi connectivity index (χ1v) is 5.74. The molecule has 0 aliphatic rings. The molecule has 0 saturated heterocycles. The first-order valence-electron chi connectivity index (χ1n) is 4.76. The van der Waals surface area contributed by atoms with Crippen LogP contribution in [0, 0.1) is 17.7 Å². The van der Waals surface area contributed by atoms with Gasteiger partial charge in [-0.3, -0.25) is 0 Å². The summed E-state index contributed by atoms with van der Waals surface area (Å²) in [6, 6.07) is 6.59. The molecule has 1 nitrogen and oxygen atoms in total. The van der Waals surface area contributed by atoms with Gasteiger partial charge in [-0.25, -0.2) is 4.39 Å². The second kappa shape index (κ2) is 6.49. The van der Waals surface area contributed by atoms with Crippen molar-refractivity contribution in [2.24, 2.45) is 5.73 Å². The van der Waals surface area contributed by atoms with Gasteiger partial charge in [0.25, 0.3) is 0 Å². The van der Waals surface area contributed by atoms with E-state index in [4.69, 9.17) is 5.73 Å². The molecule has 1 rings (SSSR count). The van der Waals surface area contributed by atoms with Crippen LogP contribution in [-0.2, 0) is 0 Å². The van der Waals surface area contributed by atoms with E-state index < -0.39 is 0 Å². The fraction of sp³-hybridized carbons (Fsp3) is 0.333. The fourth-order valence-electron chi connectivity index (χ4n) is 1.05. The Labute approximate surface area is 94.2 Å². The third-order valence-corrected chi connectivity index (χ3v) is 2.98. The normalized spacial score (nSPS) is 11.7. The van der Waals surface area contributed by atoms with Gasteiger partial charge in [0.2, 0.25) is 0 Å². The molecule has 0 bridgehead atoms. The molecule has 0 saturated carbocycles. The lowest BCUT2D eigenvalue weighted by Crippen LogP contribution is -2.21. The quantitative estimate of drug-likeness (QED) is 0.627. The summed E-state index contributed by atoms with van der Waals surface area (Å²) in [5.74, 6) is 6.30. The molecule has 1 aromatic rings. The summed E-state index contributed by atoms with van der Waals surface area (Å²) in [5, 5.41) is 0. The zero-order valence-corrected chi connectivity index (χ0v) is 9.48. The van der Waals surface area contributed by atoms with Gasteiger partial charge in [0.15, 0.2) is 0 Å². The molecular weight excluding hydrogens is 209 g/mol. The zero-order chi connectivity index (χ0) is 11.1. The Bertz CT molecular complexity index is 367. The molecule has 0 spiro atoms. The Morgan fingerprint density at radius 3 is 3.00 bits per heavy atom. The molecule has 2 N–H and O–H groups in total. The maximum absolute atomic E-state index is 12.8. The summed E-state index contributed by atoms with van der Waals surface area (Å²) >= 11 is 1.56. The third kappa shape index (κ3) is 4.87. The van der Waals surface area contributed by atoms with E-state index in [9.17, 15) is 4.39 Å². The SMILES string of the molecule is CC#CCC(N)CSc1cccc(F)c1. The number of thioether (sulfide) groups is 1. The van der Waals surface area contributed by atoms with Crippen LogP contribution in [0.5, 0.6) is 0 Å². The summed E-state index contributed by atoms with van der Waals surface area (Å²) < 4.78 is 12.8. The Morgan fingerprint density at radius 2 is 2.33 bits per heavy atom. The number of rotatable bonds is 4. The van der Waals surface area contributed by atoms with Crippen LogP contribution in [0.4, 0.5) is 4.39 Å². The van der Waals surface area contributed by atoms with E-state index in [0.29, 0.717) is 6.42 Å². The lowest BCUT2D eigenvalue weighted by Gasteiger charge is -2.07. The molecule has 3 heteroatoms. The van der Waals surface area contributed by atoms with E-state index in [1.54, 1.807) is 24.8 Å². The number of nitrogens with two attached hydrogens (primary N) is 1. The van der Waals surface area contributed by atoms with Gasteiger partial charge in [-0.2, -0.15) is 0 Å². The first kappa shape index (κ1) is 12.1. The van der Waals surface area contributed by atoms with Crippen LogP contribution in [0.2, 0.25) is 0 Å². The van der Waals surface area contributed by atoms with Crippen molar-refractivity contribution in [2.45, 2.75) is 24.3 Å². The predicted octanol–water partition coefficient (Wildman–Crippen LogP) is 2.66. The molecular formula is C12H14FNS. The number of benzene rings is 1. The van der Waals surface area contributed by atoms with Crippen molar-refractivity contribution in [3.05, 3.63) is 30.1 Å². The summed E-state index contributed by atoms with van der Waals surface area (Å²) in [6.07, 6.45) is 0.693. The van der Waals surface area contributed by atoms with Crippen LogP contribution in [-0.4, -0.2) is 11.8 Å². The molecule has 80 valence electrons. The highest BCUT2D eigenvalue weighted by atomic mass is 32.2. The van der Waals surface area contributed by atoms with Crippen LogP contribution in [0.15, 0.2) is 29.2 Å². The minimum atomic E-state index is -0.207. The average molecular weight is 223 g/mol. The lowest BCUT2D eigenvalue weighted by molar-refractivity contribution is 0.624. The van der Waals surface area contributed by atoms with Crippen LogP contribution >= 0.6 is 11.8 Å². The van der Waals surface area contributed by atoms with Crippen molar-refractivity contribution in [1.29, 1.82) is 0 Å². The minimum absolute atomic E-state index is 0.0470. The highest BCUT2D eigenvalue weighted by Gasteiger charge is 2.02. The summed E-state index contributed by atoms with van der Waals surface area (Å²) in [7, 11) is 0. The summed E-state index contributed by atoms with van der Waals surface area (Å²) in [4.78, 5) is 0.912. The zero-order valence-electron chi connectivity index (χ0n) is 8.66. The van der Waals surface area contributed by atoms with Crippen molar-refractivity contribution >= 4 is 11.8 Å². The van der Waals surface area contributed by atoms with Gasteiger partial charge in [0.05, 0.1) is 0 Å². The Hall–Kier alpha value is -0.980. The molecule has 0 radical (unpaired) electrons. The predicted molar refractivity (Wildman–Crippen MR) is 63.2 cm³/mol. The van der Waals surface area contributed by atoms with Crippen molar-refractivity contribution in [1.82, 2.24) is 0 Å². The van der Waals surface area contributed by atoms with Gasteiger partial charge in [-0.05, 0) is 25.1 Å². The Balaban J connectivity index is 2.38.